The lowest BCUT2D eigenvalue weighted by Crippen LogP contribution is -2.33. The fourth-order valence-corrected chi connectivity index (χ4v) is 2.87. The molecule has 1 aromatic carbocycles. The molecule has 140 valence electrons. The average Bonchev–Trinajstić information content (AvgIpc) is 2.85. The lowest BCUT2D eigenvalue weighted by molar-refractivity contribution is -0.116. The zero-order valence-electron chi connectivity index (χ0n) is 16.4. The minimum Gasteiger partial charge on any atom is -0.497 e. The number of nitrogens with zero attached hydrogens (tertiary/aromatic N) is 3. The molecule has 6 heteroatoms. The number of aromatic nitrogens is 2. The van der Waals surface area contributed by atoms with Gasteiger partial charge >= 0.3 is 0 Å². The van der Waals surface area contributed by atoms with Crippen LogP contribution in [-0.4, -0.2) is 48.3 Å². The Bertz CT molecular complexity index is 776. The first-order chi connectivity index (χ1) is 12.3. The molecule has 0 saturated heterocycles. The summed E-state index contributed by atoms with van der Waals surface area (Å²) in [7, 11) is 7.55. The average molecular weight is 356 g/mol. The van der Waals surface area contributed by atoms with Gasteiger partial charge in [-0.05, 0) is 51.7 Å². The van der Waals surface area contributed by atoms with Gasteiger partial charge in [0.05, 0.1) is 18.8 Å². The van der Waals surface area contributed by atoms with Crippen molar-refractivity contribution in [2.45, 2.75) is 19.9 Å². The van der Waals surface area contributed by atoms with Gasteiger partial charge in [0.2, 0.25) is 5.91 Å². The van der Waals surface area contributed by atoms with Crippen LogP contribution in [-0.2, 0) is 11.8 Å². The second-order valence-corrected chi connectivity index (χ2v) is 6.54. The van der Waals surface area contributed by atoms with Gasteiger partial charge in [0.1, 0.15) is 5.75 Å². The first-order valence-corrected chi connectivity index (χ1v) is 8.60. The summed E-state index contributed by atoms with van der Waals surface area (Å²) in [5.74, 6) is 0.702. The highest BCUT2D eigenvalue weighted by molar-refractivity contribution is 5.92. The minimum absolute atomic E-state index is 0.0834. The number of nitrogens with one attached hydrogen (secondary N) is 1. The fourth-order valence-electron chi connectivity index (χ4n) is 2.87. The van der Waals surface area contributed by atoms with Crippen LogP contribution >= 0.6 is 0 Å². The number of benzene rings is 1. The third-order valence-corrected chi connectivity index (χ3v) is 4.56. The van der Waals surface area contributed by atoms with Gasteiger partial charge in [-0.25, -0.2) is 0 Å². The number of ether oxygens (including phenoxy) is 1. The lowest BCUT2D eigenvalue weighted by Gasteiger charge is -2.25. The Kier molecular flexibility index (Phi) is 6.58. The van der Waals surface area contributed by atoms with Crippen molar-refractivity contribution in [2.75, 3.05) is 27.7 Å². The molecule has 0 radical (unpaired) electrons. The summed E-state index contributed by atoms with van der Waals surface area (Å²) in [5.41, 5.74) is 4.07. The molecule has 2 aromatic rings. The van der Waals surface area contributed by atoms with Crippen LogP contribution in [0.1, 0.15) is 28.6 Å². The SMILES string of the molecule is COc1ccc(C(CNC(=O)/C=C/c2c(C)nn(C)c2C)N(C)C)cc1. The highest BCUT2D eigenvalue weighted by atomic mass is 16.5. The van der Waals surface area contributed by atoms with Crippen molar-refractivity contribution in [1.29, 1.82) is 0 Å². The number of likely N-dealkylation sites (N-methyl/N-ethyl adjacent to an activating group) is 1. The van der Waals surface area contributed by atoms with Gasteiger partial charge in [-0.1, -0.05) is 12.1 Å². The molecule has 1 unspecified atom stereocenters. The number of hydrogen-bond acceptors (Lipinski definition) is 4. The Hall–Kier alpha value is -2.60. The van der Waals surface area contributed by atoms with E-state index < -0.39 is 0 Å². The van der Waals surface area contributed by atoms with Gasteiger partial charge in [-0.3, -0.25) is 9.48 Å². The zero-order chi connectivity index (χ0) is 19.3. The van der Waals surface area contributed by atoms with Crippen molar-refractivity contribution in [3.05, 3.63) is 52.9 Å². The summed E-state index contributed by atoms with van der Waals surface area (Å²) in [5, 5.41) is 7.34. The maximum atomic E-state index is 12.2. The number of methoxy groups -OCH3 is 1. The van der Waals surface area contributed by atoms with Gasteiger partial charge in [-0.2, -0.15) is 5.10 Å². The van der Waals surface area contributed by atoms with E-state index in [2.05, 4.69) is 15.3 Å². The number of carbonyl (C=O) groups is 1. The van der Waals surface area contributed by atoms with Crippen LogP contribution in [0.15, 0.2) is 30.3 Å². The standard InChI is InChI=1S/C20H28N4O2/c1-14-18(15(2)24(5)22-14)11-12-20(25)21-13-19(23(3)4)16-7-9-17(26-6)10-8-16/h7-12,19H,13H2,1-6H3,(H,21,25)/b12-11+. The van der Waals surface area contributed by atoms with E-state index in [9.17, 15) is 4.79 Å². The lowest BCUT2D eigenvalue weighted by atomic mass is 10.1. The van der Waals surface area contributed by atoms with Crippen LogP contribution in [0.2, 0.25) is 0 Å². The van der Waals surface area contributed by atoms with Gasteiger partial charge in [0.15, 0.2) is 0 Å². The van der Waals surface area contributed by atoms with Gasteiger partial charge in [0, 0.05) is 30.9 Å². The molecular weight excluding hydrogens is 328 g/mol. The number of aryl methyl sites for hydroxylation is 2. The molecule has 0 saturated carbocycles. The fraction of sp³-hybridized carbons (Fsp3) is 0.400. The van der Waals surface area contributed by atoms with Crippen molar-refractivity contribution >= 4 is 12.0 Å². The Labute approximate surface area is 155 Å². The predicted molar refractivity (Wildman–Crippen MR) is 104 cm³/mol. The van der Waals surface area contributed by atoms with Gasteiger partial charge in [-0.15, -0.1) is 0 Å². The number of rotatable bonds is 7. The maximum Gasteiger partial charge on any atom is 0.244 e. The second kappa shape index (κ2) is 8.67. The van der Waals surface area contributed by atoms with Gasteiger partial charge in [0.25, 0.3) is 0 Å². The number of amides is 1. The Morgan fingerprint density at radius 2 is 1.96 bits per heavy atom. The third-order valence-electron chi connectivity index (χ3n) is 4.56. The summed E-state index contributed by atoms with van der Waals surface area (Å²) >= 11 is 0. The van der Waals surface area contributed by atoms with Crippen LogP contribution in [0.5, 0.6) is 5.75 Å². The predicted octanol–water partition coefficient (Wildman–Crippen LogP) is 2.48. The highest BCUT2D eigenvalue weighted by Crippen LogP contribution is 2.20. The molecule has 1 N–H and O–H groups in total. The van der Waals surface area contributed by atoms with E-state index >= 15 is 0 Å². The van der Waals surface area contributed by atoms with Crippen molar-refractivity contribution in [1.82, 2.24) is 20.0 Å². The molecular formula is C20H28N4O2. The van der Waals surface area contributed by atoms with Crippen molar-refractivity contribution in [3.8, 4) is 5.75 Å². The summed E-state index contributed by atoms with van der Waals surface area (Å²) < 4.78 is 7.02. The van der Waals surface area contributed by atoms with Crippen LogP contribution < -0.4 is 10.1 Å². The molecule has 0 aliphatic carbocycles. The van der Waals surface area contributed by atoms with E-state index in [0.29, 0.717) is 6.54 Å². The van der Waals surface area contributed by atoms with Crippen molar-refractivity contribution in [2.24, 2.45) is 7.05 Å². The molecule has 6 nitrogen and oxygen atoms in total. The molecule has 0 spiro atoms. The second-order valence-electron chi connectivity index (χ2n) is 6.54. The van der Waals surface area contributed by atoms with Crippen molar-refractivity contribution in [3.63, 3.8) is 0 Å². The molecule has 2 rings (SSSR count). The first-order valence-electron chi connectivity index (χ1n) is 8.60. The molecule has 1 atom stereocenters. The van der Waals surface area contributed by atoms with Crippen LogP contribution in [0, 0.1) is 13.8 Å². The minimum atomic E-state index is -0.118. The van der Waals surface area contributed by atoms with Crippen LogP contribution in [0.25, 0.3) is 6.08 Å². The molecule has 0 aliphatic heterocycles. The molecule has 0 aliphatic rings. The zero-order valence-corrected chi connectivity index (χ0v) is 16.4. The normalized spacial score (nSPS) is 12.6. The Morgan fingerprint density at radius 1 is 1.31 bits per heavy atom. The largest absolute Gasteiger partial charge is 0.497 e. The van der Waals surface area contributed by atoms with Gasteiger partial charge < -0.3 is 15.0 Å². The number of carbonyl (C=O) groups excluding carboxylic acids is 1. The van der Waals surface area contributed by atoms with E-state index in [4.69, 9.17) is 4.74 Å². The van der Waals surface area contributed by atoms with E-state index in [1.165, 1.54) is 0 Å². The quantitative estimate of drug-likeness (QED) is 0.775. The van der Waals surface area contributed by atoms with E-state index in [0.717, 1.165) is 28.3 Å². The molecule has 1 heterocycles. The molecule has 26 heavy (non-hydrogen) atoms. The maximum absolute atomic E-state index is 12.2. The molecule has 0 fully saturated rings. The van der Waals surface area contributed by atoms with E-state index in [1.54, 1.807) is 13.2 Å². The third kappa shape index (κ3) is 4.73. The number of hydrogen-bond donors (Lipinski definition) is 1. The summed E-state index contributed by atoms with van der Waals surface area (Å²) in [6, 6.07) is 7.99. The molecule has 1 aromatic heterocycles. The summed E-state index contributed by atoms with van der Waals surface area (Å²) in [6.07, 6.45) is 3.39. The molecule has 1 amide bonds. The topological polar surface area (TPSA) is 59.4 Å². The monoisotopic (exact) mass is 356 g/mol. The summed E-state index contributed by atoms with van der Waals surface area (Å²) in [6.45, 7) is 4.45. The first kappa shape index (κ1) is 19.7. The van der Waals surface area contributed by atoms with E-state index in [-0.39, 0.29) is 11.9 Å². The smallest absolute Gasteiger partial charge is 0.244 e. The Balaban J connectivity index is 2.01. The molecule has 0 bridgehead atoms. The summed E-state index contributed by atoms with van der Waals surface area (Å²) in [4.78, 5) is 14.3. The van der Waals surface area contributed by atoms with Crippen LogP contribution in [0.4, 0.5) is 0 Å². The Morgan fingerprint density at radius 3 is 2.46 bits per heavy atom. The van der Waals surface area contributed by atoms with E-state index in [1.807, 2.05) is 70.0 Å². The van der Waals surface area contributed by atoms with Crippen molar-refractivity contribution < 1.29 is 9.53 Å². The highest BCUT2D eigenvalue weighted by Gasteiger charge is 2.15. The van der Waals surface area contributed by atoms with Crippen LogP contribution in [0.3, 0.4) is 0 Å².